The largest absolute Gasteiger partial charge is 0.398 e. The molecule has 0 aliphatic heterocycles. The number of nitrogens with zero attached hydrogens (tertiary/aromatic N) is 1. The van der Waals surface area contributed by atoms with E-state index in [1.807, 2.05) is 31.2 Å². The summed E-state index contributed by atoms with van der Waals surface area (Å²) in [5.74, 6) is -0.521. The van der Waals surface area contributed by atoms with Crippen LogP contribution in [0.15, 0.2) is 36.4 Å². The van der Waals surface area contributed by atoms with E-state index in [1.54, 1.807) is 6.07 Å². The molecule has 0 aliphatic rings. The molecule has 0 fully saturated rings. The van der Waals surface area contributed by atoms with Gasteiger partial charge in [0.25, 0.3) is 0 Å². The van der Waals surface area contributed by atoms with Gasteiger partial charge in [-0.2, -0.15) is 5.26 Å². The first kappa shape index (κ1) is 11.9. The molecule has 0 bridgehead atoms. The van der Waals surface area contributed by atoms with Gasteiger partial charge in [0, 0.05) is 17.1 Å². The van der Waals surface area contributed by atoms with Crippen LogP contribution in [0.1, 0.15) is 11.1 Å². The van der Waals surface area contributed by atoms with Crippen molar-refractivity contribution in [3.63, 3.8) is 0 Å². The molecule has 0 unspecified atom stereocenters. The number of nitrogen functional groups attached to an aromatic ring is 1. The average Bonchev–Trinajstić information content (AvgIpc) is 2.37. The van der Waals surface area contributed by atoms with E-state index >= 15 is 0 Å². The standard InChI is InChI=1S/C14H12FN3/c1-9-13(17)3-2-4-14(9)18-11-5-6-12(15)10(7-11)8-16/h2-7,18H,17H2,1H3. The molecule has 0 saturated heterocycles. The summed E-state index contributed by atoms with van der Waals surface area (Å²) in [6.45, 7) is 1.90. The van der Waals surface area contributed by atoms with Crippen LogP contribution >= 0.6 is 0 Å². The molecule has 2 aromatic carbocycles. The number of halogens is 1. The fraction of sp³-hybridized carbons (Fsp3) is 0.0714. The van der Waals surface area contributed by atoms with Crippen LogP contribution in [0.3, 0.4) is 0 Å². The summed E-state index contributed by atoms with van der Waals surface area (Å²) < 4.78 is 13.2. The van der Waals surface area contributed by atoms with Gasteiger partial charge in [0.15, 0.2) is 0 Å². The van der Waals surface area contributed by atoms with Crippen LogP contribution in [0.25, 0.3) is 0 Å². The summed E-state index contributed by atoms with van der Waals surface area (Å²) >= 11 is 0. The lowest BCUT2D eigenvalue weighted by Crippen LogP contribution is -1.97. The van der Waals surface area contributed by atoms with Crippen molar-refractivity contribution in [3.05, 3.63) is 53.3 Å². The van der Waals surface area contributed by atoms with Gasteiger partial charge >= 0.3 is 0 Å². The van der Waals surface area contributed by atoms with Crippen molar-refractivity contribution < 1.29 is 4.39 Å². The predicted molar refractivity (Wildman–Crippen MR) is 70.0 cm³/mol. The molecule has 90 valence electrons. The monoisotopic (exact) mass is 241 g/mol. The van der Waals surface area contributed by atoms with Crippen LogP contribution in [0.5, 0.6) is 0 Å². The molecule has 4 heteroatoms. The Morgan fingerprint density at radius 1 is 1.28 bits per heavy atom. The van der Waals surface area contributed by atoms with Gasteiger partial charge in [0.05, 0.1) is 5.56 Å². The zero-order valence-electron chi connectivity index (χ0n) is 9.87. The third-order valence-electron chi connectivity index (χ3n) is 2.74. The van der Waals surface area contributed by atoms with Crippen molar-refractivity contribution in [2.24, 2.45) is 0 Å². The van der Waals surface area contributed by atoms with Gasteiger partial charge in [-0.1, -0.05) is 6.07 Å². The molecule has 0 atom stereocenters. The van der Waals surface area contributed by atoms with Crippen molar-refractivity contribution in [2.45, 2.75) is 6.92 Å². The Labute approximate surface area is 105 Å². The zero-order chi connectivity index (χ0) is 13.1. The lowest BCUT2D eigenvalue weighted by Gasteiger charge is -2.11. The Morgan fingerprint density at radius 2 is 2.06 bits per heavy atom. The molecule has 0 aromatic heterocycles. The summed E-state index contributed by atoms with van der Waals surface area (Å²) in [4.78, 5) is 0. The SMILES string of the molecule is Cc1c(N)cccc1Nc1ccc(F)c(C#N)c1. The molecule has 0 saturated carbocycles. The Balaban J connectivity index is 2.35. The molecule has 18 heavy (non-hydrogen) atoms. The maximum absolute atomic E-state index is 13.2. The van der Waals surface area contributed by atoms with Gasteiger partial charge in [0.1, 0.15) is 11.9 Å². The maximum Gasteiger partial charge on any atom is 0.141 e. The molecule has 3 N–H and O–H groups in total. The molecule has 0 spiro atoms. The van der Waals surface area contributed by atoms with Crippen LogP contribution in [0, 0.1) is 24.1 Å². The number of hydrogen-bond acceptors (Lipinski definition) is 3. The Bertz CT molecular complexity index is 629. The van der Waals surface area contributed by atoms with Gasteiger partial charge in [-0.05, 0) is 42.8 Å². The number of rotatable bonds is 2. The summed E-state index contributed by atoms with van der Waals surface area (Å²) in [5, 5.41) is 11.9. The van der Waals surface area contributed by atoms with E-state index in [1.165, 1.54) is 12.1 Å². The Morgan fingerprint density at radius 3 is 2.78 bits per heavy atom. The highest BCUT2D eigenvalue weighted by Crippen LogP contribution is 2.25. The van der Waals surface area contributed by atoms with Crippen molar-refractivity contribution in [3.8, 4) is 6.07 Å². The van der Waals surface area contributed by atoms with E-state index in [0.29, 0.717) is 11.4 Å². The molecular weight excluding hydrogens is 229 g/mol. The van der Waals surface area contributed by atoms with Crippen LogP contribution in [-0.4, -0.2) is 0 Å². The van der Waals surface area contributed by atoms with Crippen LogP contribution in [-0.2, 0) is 0 Å². The highest BCUT2D eigenvalue weighted by Gasteiger charge is 2.05. The first-order chi connectivity index (χ1) is 8.61. The highest BCUT2D eigenvalue weighted by atomic mass is 19.1. The molecule has 0 amide bonds. The Kier molecular flexibility index (Phi) is 3.16. The topological polar surface area (TPSA) is 61.8 Å². The first-order valence-corrected chi connectivity index (χ1v) is 5.43. The number of nitrogens with one attached hydrogen (secondary N) is 1. The minimum Gasteiger partial charge on any atom is -0.398 e. The predicted octanol–water partition coefficient (Wildman–Crippen LogP) is 3.33. The van der Waals surface area contributed by atoms with Gasteiger partial charge in [-0.15, -0.1) is 0 Å². The molecule has 2 aromatic rings. The first-order valence-electron chi connectivity index (χ1n) is 5.43. The smallest absolute Gasteiger partial charge is 0.141 e. The van der Waals surface area contributed by atoms with E-state index in [-0.39, 0.29) is 5.56 Å². The molecule has 0 radical (unpaired) electrons. The molecule has 0 heterocycles. The number of nitrogens with two attached hydrogens (primary N) is 1. The van der Waals surface area contributed by atoms with E-state index in [9.17, 15) is 4.39 Å². The van der Waals surface area contributed by atoms with Crippen molar-refractivity contribution in [2.75, 3.05) is 11.1 Å². The molecule has 2 rings (SSSR count). The Hall–Kier alpha value is -2.54. The third kappa shape index (κ3) is 2.25. The van der Waals surface area contributed by atoms with Gasteiger partial charge < -0.3 is 11.1 Å². The lowest BCUT2D eigenvalue weighted by atomic mass is 10.1. The van der Waals surface area contributed by atoms with Crippen molar-refractivity contribution in [1.29, 1.82) is 5.26 Å². The summed E-state index contributed by atoms with van der Waals surface area (Å²) in [6, 6.07) is 11.6. The van der Waals surface area contributed by atoms with E-state index in [4.69, 9.17) is 11.0 Å². The summed E-state index contributed by atoms with van der Waals surface area (Å²) in [6.07, 6.45) is 0. The minimum absolute atomic E-state index is 0.0153. The quantitative estimate of drug-likeness (QED) is 0.793. The fourth-order valence-electron chi connectivity index (χ4n) is 1.63. The number of nitriles is 1. The van der Waals surface area contributed by atoms with Gasteiger partial charge in [-0.25, -0.2) is 4.39 Å². The summed E-state index contributed by atoms with van der Waals surface area (Å²) in [7, 11) is 0. The second kappa shape index (κ2) is 4.76. The van der Waals surface area contributed by atoms with Crippen molar-refractivity contribution >= 4 is 17.1 Å². The van der Waals surface area contributed by atoms with E-state index < -0.39 is 5.82 Å². The molecular formula is C14H12FN3. The summed E-state index contributed by atoms with van der Waals surface area (Å²) in [5.41, 5.74) is 8.91. The molecule has 0 aliphatic carbocycles. The van der Waals surface area contributed by atoms with Gasteiger partial charge in [-0.3, -0.25) is 0 Å². The highest BCUT2D eigenvalue weighted by molar-refractivity contribution is 5.69. The maximum atomic E-state index is 13.2. The van der Waals surface area contributed by atoms with Gasteiger partial charge in [0.2, 0.25) is 0 Å². The van der Waals surface area contributed by atoms with E-state index in [0.717, 1.165) is 11.3 Å². The second-order valence-corrected chi connectivity index (χ2v) is 3.95. The number of benzene rings is 2. The number of anilines is 3. The van der Waals surface area contributed by atoms with Crippen LogP contribution in [0.4, 0.5) is 21.5 Å². The minimum atomic E-state index is -0.521. The van der Waals surface area contributed by atoms with Crippen LogP contribution < -0.4 is 11.1 Å². The average molecular weight is 241 g/mol. The number of hydrogen-bond donors (Lipinski definition) is 2. The van der Waals surface area contributed by atoms with Crippen molar-refractivity contribution in [1.82, 2.24) is 0 Å². The normalized spacial score (nSPS) is 9.83. The zero-order valence-corrected chi connectivity index (χ0v) is 9.87. The van der Waals surface area contributed by atoms with E-state index in [2.05, 4.69) is 5.32 Å². The second-order valence-electron chi connectivity index (χ2n) is 3.95. The fourth-order valence-corrected chi connectivity index (χ4v) is 1.63. The van der Waals surface area contributed by atoms with Crippen LogP contribution in [0.2, 0.25) is 0 Å². The third-order valence-corrected chi connectivity index (χ3v) is 2.74. The lowest BCUT2D eigenvalue weighted by molar-refractivity contribution is 0.624. The molecule has 3 nitrogen and oxygen atoms in total.